The van der Waals surface area contributed by atoms with Gasteiger partial charge < -0.3 is 0 Å². The summed E-state index contributed by atoms with van der Waals surface area (Å²) in [6.07, 6.45) is 4.01. The van der Waals surface area contributed by atoms with Crippen molar-refractivity contribution < 1.29 is 0 Å². The fraction of sp³-hybridized carbons (Fsp3) is 1.00. The highest BCUT2D eigenvalue weighted by Crippen LogP contribution is 2.42. The zero-order valence-corrected chi connectivity index (χ0v) is 10.7. The van der Waals surface area contributed by atoms with E-state index in [4.69, 9.17) is 0 Å². The van der Waals surface area contributed by atoms with E-state index in [1.165, 1.54) is 0 Å². The molecule has 0 N–H and O–H groups in total. The predicted molar refractivity (Wildman–Crippen MR) is 65.2 cm³/mol. The van der Waals surface area contributed by atoms with E-state index in [0.717, 1.165) is 25.7 Å². The van der Waals surface area contributed by atoms with Crippen molar-refractivity contribution in [1.29, 1.82) is 0 Å². The van der Waals surface area contributed by atoms with Gasteiger partial charge in [-0.1, -0.05) is 16.8 Å². The summed E-state index contributed by atoms with van der Waals surface area (Å²) in [6, 6.07) is 0. The van der Waals surface area contributed by atoms with E-state index in [1.807, 2.05) is 27.7 Å². The maximum atomic E-state index is 10.8. The van der Waals surface area contributed by atoms with Crippen LogP contribution >= 0.6 is 0 Å². The standard InChI is InChI=1S/C12H22N2O2/c1-11(2,13-15)9-6-5-7-10(8-9)12(3,4)14-16/h9-10H,5-8H2,1-4H3. The molecule has 4 heteroatoms. The number of nitroso groups, excluding NO2 is 2. The van der Waals surface area contributed by atoms with Crippen LogP contribution in [0.25, 0.3) is 0 Å². The van der Waals surface area contributed by atoms with Gasteiger partial charge in [-0.05, 0) is 58.8 Å². The first-order valence-corrected chi connectivity index (χ1v) is 6.02. The quantitative estimate of drug-likeness (QED) is 0.683. The van der Waals surface area contributed by atoms with Crippen molar-refractivity contribution in [3.63, 3.8) is 0 Å². The topological polar surface area (TPSA) is 58.9 Å². The van der Waals surface area contributed by atoms with Gasteiger partial charge in [0.15, 0.2) is 0 Å². The largest absolute Gasteiger partial charge is 0.150 e. The van der Waals surface area contributed by atoms with Crippen molar-refractivity contribution in [2.75, 3.05) is 0 Å². The molecule has 0 heterocycles. The lowest BCUT2D eigenvalue weighted by molar-refractivity contribution is 0.143. The van der Waals surface area contributed by atoms with Crippen molar-refractivity contribution >= 4 is 0 Å². The summed E-state index contributed by atoms with van der Waals surface area (Å²) in [5.41, 5.74) is -1.03. The summed E-state index contributed by atoms with van der Waals surface area (Å²) in [5, 5.41) is 6.46. The summed E-state index contributed by atoms with van der Waals surface area (Å²) in [7, 11) is 0. The molecule has 2 atom stereocenters. The second kappa shape index (κ2) is 4.60. The van der Waals surface area contributed by atoms with Gasteiger partial charge in [0.2, 0.25) is 0 Å². The lowest BCUT2D eigenvalue weighted by atomic mass is 9.68. The zero-order chi connectivity index (χ0) is 12.4. The smallest absolute Gasteiger partial charge is 0.0998 e. The Bertz CT molecular complexity index is 248. The molecule has 0 spiro atoms. The van der Waals surface area contributed by atoms with E-state index >= 15 is 0 Å². The lowest BCUT2D eigenvalue weighted by Crippen LogP contribution is -2.39. The van der Waals surface area contributed by atoms with E-state index in [1.54, 1.807) is 0 Å². The molecular formula is C12H22N2O2. The highest BCUT2D eigenvalue weighted by atomic mass is 16.3. The Morgan fingerprint density at radius 2 is 1.25 bits per heavy atom. The Morgan fingerprint density at radius 3 is 1.56 bits per heavy atom. The number of rotatable bonds is 4. The molecule has 0 amide bonds. The Hall–Kier alpha value is -0.800. The molecule has 0 aromatic heterocycles. The Morgan fingerprint density at radius 1 is 0.875 bits per heavy atom. The molecule has 92 valence electrons. The number of hydrogen-bond acceptors (Lipinski definition) is 4. The lowest BCUT2D eigenvalue weighted by Gasteiger charge is -2.39. The molecular weight excluding hydrogens is 204 g/mol. The fourth-order valence-electron chi connectivity index (χ4n) is 2.62. The minimum Gasteiger partial charge on any atom is -0.150 e. The maximum Gasteiger partial charge on any atom is 0.0998 e. The van der Waals surface area contributed by atoms with Gasteiger partial charge in [-0.3, -0.25) is 0 Å². The van der Waals surface area contributed by atoms with Crippen molar-refractivity contribution in [2.24, 2.45) is 22.2 Å². The van der Waals surface area contributed by atoms with Crippen molar-refractivity contribution in [1.82, 2.24) is 0 Å². The second-order valence-electron chi connectivity index (χ2n) is 6.05. The van der Waals surface area contributed by atoms with Gasteiger partial charge >= 0.3 is 0 Å². The monoisotopic (exact) mass is 226 g/mol. The summed E-state index contributed by atoms with van der Waals surface area (Å²) in [4.78, 5) is 21.6. The second-order valence-corrected chi connectivity index (χ2v) is 6.05. The number of hydrogen-bond donors (Lipinski definition) is 0. The highest BCUT2D eigenvalue weighted by Gasteiger charge is 2.40. The Balaban J connectivity index is 2.75. The molecule has 1 aliphatic carbocycles. The van der Waals surface area contributed by atoms with Crippen LogP contribution in [0, 0.1) is 21.6 Å². The van der Waals surface area contributed by atoms with Crippen LogP contribution in [0.1, 0.15) is 53.4 Å². The van der Waals surface area contributed by atoms with Gasteiger partial charge in [-0.2, -0.15) is 9.81 Å². The van der Waals surface area contributed by atoms with E-state index in [2.05, 4.69) is 10.4 Å². The van der Waals surface area contributed by atoms with Gasteiger partial charge in [0.05, 0.1) is 11.1 Å². The van der Waals surface area contributed by atoms with Crippen LogP contribution in [0.15, 0.2) is 10.4 Å². The van der Waals surface area contributed by atoms with Crippen LogP contribution in [0.3, 0.4) is 0 Å². The Labute approximate surface area is 97.1 Å². The summed E-state index contributed by atoms with van der Waals surface area (Å²) in [6.45, 7) is 7.53. The van der Waals surface area contributed by atoms with Gasteiger partial charge in [-0.25, -0.2) is 0 Å². The molecule has 0 aromatic carbocycles. The SMILES string of the molecule is CC(C)(N=O)C1CCCC(C(C)(C)N=O)C1. The minimum absolute atomic E-state index is 0.282. The minimum atomic E-state index is -0.516. The van der Waals surface area contributed by atoms with E-state index in [0.29, 0.717) is 0 Å². The normalized spacial score (nSPS) is 27.5. The number of nitrogens with zero attached hydrogens (tertiary/aromatic N) is 2. The third-order valence-electron chi connectivity index (χ3n) is 4.14. The first kappa shape index (κ1) is 13.3. The van der Waals surface area contributed by atoms with Crippen LogP contribution in [-0.4, -0.2) is 11.1 Å². The summed E-state index contributed by atoms with van der Waals surface area (Å²) < 4.78 is 0. The zero-order valence-electron chi connectivity index (χ0n) is 10.7. The fourth-order valence-corrected chi connectivity index (χ4v) is 2.62. The van der Waals surface area contributed by atoms with Crippen molar-refractivity contribution in [2.45, 2.75) is 64.5 Å². The molecule has 4 nitrogen and oxygen atoms in total. The van der Waals surface area contributed by atoms with Crippen molar-refractivity contribution in [3.8, 4) is 0 Å². The van der Waals surface area contributed by atoms with E-state index in [9.17, 15) is 9.81 Å². The molecule has 16 heavy (non-hydrogen) atoms. The highest BCUT2D eigenvalue weighted by molar-refractivity contribution is 4.95. The van der Waals surface area contributed by atoms with Crippen LogP contribution in [0.5, 0.6) is 0 Å². The molecule has 0 bridgehead atoms. The maximum absolute atomic E-state index is 10.8. The van der Waals surface area contributed by atoms with Gasteiger partial charge in [-0.15, -0.1) is 0 Å². The molecule has 0 aromatic rings. The van der Waals surface area contributed by atoms with Gasteiger partial charge in [0, 0.05) is 0 Å². The molecule has 1 fully saturated rings. The van der Waals surface area contributed by atoms with Crippen LogP contribution in [-0.2, 0) is 0 Å². The average molecular weight is 226 g/mol. The van der Waals surface area contributed by atoms with Crippen LogP contribution in [0.2, 0.25) is 0 Å². The van der Waals surface area contributed by atoms with Crippen LogP contribution < -0.4 is 0 Å². The summed E-state index contributed by atoms with van der Waals surface area (Å²) >= 11 is 0. The molecule has 1 saturated carbocycles. The predicted octanol–water partition coefficient (Wildman–Crippen LogP) is 3.88. The third-order valence-corrected chi connectivity index (χ3v) is 4.14. The molecule has 1 aliphatic rings. The third kappa shape index (κ3) is 2.66. The molecule has 0 aliphatic heterocycles. The first-order chi connectivity index (χ1) is 7.33. The molecule has 0 saturated heterocycles. The summed E-state index contributed by atoms with van der Waals surface area (Å²) in [5.74, 6) is 0.564. The molecule has 1 rings (SSSR count). The first-order valence-electron chi connectivity index (χ1n) is 6.02. The van der Waals surface area contributed by atoms with Gasteiger partial charge in [0.1, 0.15) is 0 Å². The van der Waals surface area contributed by atoms with Gasteiger partial charge in [0.25, 0.3) is 0 Å². The van der Waals surface area contributed by atoms with Crippen molar-refractivity contribution in [3.05, 3.63) is 9.81 Å². The van der Waals surface area contributed by atoms with Crippen LogP contribution in [0.4, 0.5) is 0 Å². The van der Waals surface area contributed by atoms with E-state index < -0.39 is 11.1 Å². The Kier molecular flexibility index (Phi) is 3.81. The average Bonchev–Trinajstić information content (AvgIpc) is 2.29. The van der Waals surface area contributed by atoms with E-state index in [-0.39, 0.29) is 11.8 Å². The molecule has 2 unspecified atom stereocenters. The molecule has 0 radical (unpaired) electrons.